The van der Waals surface area contributed by atoms with Gasteiger partial charge >= 0.3 is 0 Å². The highest BCUT2D eigenvalue weighted by atomic mass is 16.5. The van der Waals surface area contributed by atoms with Crippen LogP contribution in [0.25, 0.3) is 0 Å². The van der Waals surface area contributed by atoms with Crippen LogP contribution in [0.4, 0.5) is 5.69 Å². The van der Waals surface area contributed by atoms with Gasteiger partial charge in [0.2, 0.25) is 5.88 Å². The molecule has 2 aromatic rings. The summed E-state index contributed by atoms with van der Waals surface area (Å²) in [5.74, 6) is 1.25. The van der Waals surface area contributed by atoms with Crippen LogP contribution in [0.15, 0.2) is 36.4 Å². The van der Waals surface area contributed by atoms with E-state index in [1.165, 1.54) is 0 Å². The van der Waals surface area contributed by atoms with Crippen molar-refractivity contribution in [2.75, 3.05) is 19.0 Å². The van der Waals surface area contributed by atoms with Crippen LogP contribution in [0.5, 0.6) is 11.6 Å². The van der Waals surface area contributed by atoms with Gasteiger partial charge in [-0.05, 0) is 30.2 Å². The molecule has 0 aliphatic rings. The van der Waals surface area contributed by atoms with Gasteiger partial charge in [-0.25, -0.2) is 4.98 Å². The first kappa shape index (κ1) is 14.3. The SMILES string of the molecule is CCc1cc(CO)cc(Oc2cccc(N(C)C)c2)n1. The first-order chi connectivity index (χ1) is 9.62. The Labute approximate surface area is 119 Å². The molecule has 20 heavy (non-hydrogen) atoms. The third-order valence-corrected chi connectivity index (χ3v) is 3.02. The summed E-state index contributed by atoms with van der Waals surface area (Å²) in [4.78, 5) is 6.44. The van der Waals surface area contributed by atoms with Gasteiger partial charge < -0.3 is 14.7 Å². The molecule has 4 nitrogen and oxygen atoms in total. The fraction of sp³-hybridized carbons (Fsp3) is 0.312. The molecule has 0 unspecified atom stereocenters. The molecule has 0 saturated carbocycles. The zero-order valence-electron chi connectivity index (χ0n) is 12.1. The number of hydrogen-bond donors (Lipinski definition) is 1. The summed E-state index contributed by atoms with van der Waals surface area (Å²) in [7, 11) is 3.97. The van der Waals surface area contributed by atoms with Crippen molar-refractivity contribution in [3.05, 3.63) is 47.7 Å². The number of aliphatic hydroxyl groups excluding tert-OH is 1. The van der Waals surface area contributed by atoms with E-state index in [0.29, 0.717) is 5.88 Å². The van der Waals surface area contributed by atoms with E-state index in [0.717, 1.165) is 29.1 Å². The van der Waals surface area contributed by atoms with Crippen molar-refractivity contribution in [3.63, 3.8) is 0 Å². The normalized spacial score (nSPS) is 10.4. The predicted octanol–water partition coefficient (Wildman–Crippen LogP) is 2.99. The van der Waals surface area contributed by atoms with E-state index in [1.54, 1.807) is 6.07 Å². The van der Waals surface area contributed by atoms with Crippen molar-refractivity contribution in [3.8, 4) is 11.6 Å². The highest BCUT2D eigenvalue weighted by Crippen LogP contribution is 2.25. The van der Waals surface area contributed by atoms with Gasteiger partial charge in [0.15, 0.2) is 0 Å². The monoisotopic (exact) mass is 272 g/mol. The van der Waals surface area contributed by atoms with Crippen LogP contribution in [0.1, 0.15) is 18.2 Å². The van der Waals surface area contributed by atoms with Crippen LogP contribution in [0.2, 0.25) is 0 Å². The lowest BCUT2D eigenvalue weighted by molar-refractivity contribution is 0.281. The van der Waals surface area contributed by atoms with Gasteiger partial charge in [0.05, 0.1) is 6.61 Å². The number of ether oxygens (including phenoxy) is 1. The zero-order chi connectivity index (χ0) is 14.5. The Morgan fingerprint density at radius 2 is 2.00 bits per heavy atom. The average Bonchev–Trinajstić information content (AvgIpc) is 2.47. The first-order valence-corrected chi connectivity index (χ1v) is 6.68. The van der Waals surface area contributed by atoms with Crippen molar-refractivity contribution >= 4 is 5.69 Å². The Balaban J connectivity index is 2.27. The number of aromatic nitrogens is 1. The quantitative estimate of drug-likeness (QED) is 0.909. The maximum Gasteiger partial charge on any atom is 0.219 e. The molecule has 0 radical (unpaired) electrons. The van der Waals surface area contributed by atoms with Gasteiger partial charge in [0.1, 0.15) is 5.75 Å². The summed E-state index contributed by atoms with van der Waals surface area (Å²) in [5.41, 5.74) is 2.79. The second kappa shape index (κ2) is 6.39. The molecule has 4 heteroatoms. The Morgan fingerprint density at radius 1 is 1.20 bits per heavy atom. The Hall–Kier alpha value is -2.07. The molecule has 0 atom stereocenters. The Morgan fingerprint density at radius 3 is 2.65 bits per heavy atom. The molecule has 0 saturated heterocycles. The van der Waals surface area contributed by atoms with Crippen molar-refractivity contribution in [2.45, 2.75) is 20.0 Å². The molecular formula is C16H20N2O2. The molecule has 1 heterocycles. The van der Waals surface area contributed by atoms with Gasteiger partial charge in [0.25, 0.3) is 0 Å². The number of aryl methyl sites for hydroxylation is 1. The van der Waals surface area contributed by atoms with E-state index < -0.39 is 0 Å². The minimum atomic E-state index is -0.0103. The maximum absolute atomic E-state index is 9.27. The molecule has 106 valence electrons. The van der Waals surface area contributed by atoms with Crippen molar-refractivity contribution in [1.29, 1.82) is 0 Å². The van der Waals surface area contributed by atoms with Gasteiger partial charge in [-0.2, -0.15) is 0 Å². The number of hydrogen-bond acceptors (Lipinski definition) is 4. The van der Waals surface area contributed by atoms with Crippen molar-refractivity contribution in [1.82, 2.24) is 4.98 Å². The van der Waals surface area contributed by atoms with Crippen LogP contribution >= 0.6 is 0 Å². The van der Waals surface area contributed by atoms with Crippen LogP contribution in [0.3, 0.4) is 0 Å². The molecule has 0 bridgehead atoms. The van der Waals surface area contributed by atoms with Gasteiger partial charge in [-0.1, -0.05) is 13.0 Å². The minimum absolute atomic E-state index is 0.0103. The summed E-state index contributed by atoms with van der Waals surface area (Å²) >= 11 is 0. The second-order valence-electron chi connectivity index (χ2n) is 4.81. The molecule has 0 aliphatic heterocycles. The first-order valence-electron chi connectivity index (χ1n) is 6.68. The number of anilines is 1. The highest BCUT2D eigenvalue weighted by molar-refractivity contribution is 5.50. The minimum Gasteiger partial charge on any atom is -0.439 e. The third kappa shape index (κ3) is 3.48. The molecule has 2 rings (SSSR count). The molecule has 1 aromatic carbocycles. The summed E-state index contributed by atoms with van der Waals surface area (Å²) in [6, 6.07) is 11.5. The number of aliphatic hydroxyl groups is 1. The zero-order valence-corrected chi connectivity index (χ0v) is 12.1. The van der Waals surface area contributed by atoms with E-state index in [1.807, 2.05) is 56.3 Å². The molecule has 0 spiro atoms. The van der Waals surface area contributed by atoms with E-state index in [-0.39, 0.29) is 6.61 Å². The van der Waals surface area contributed by atoms with Gasteiger partial charge in [-0.3, -0.25) is 0 Å². The lowest BCUT2D eigenvalue weighted by Crippen LogP contribution is -2.08. The Bertz CT molecular complexity index is 560. The molecule has 0 amide bonds. The Kier molecular flexibility index (Phi) is 4.58. The second-order valence-corrected chi connectivity index (χ2v) is 4.81. The highest BCUT2D eigenvalue weighted by Gasteiger charge is 2.05. The lowest BCUT2D eigenvalue weighted by Gasteiger charge is -2.14. The van der Waals surface area contributed by atoms with Crippen LogP contribution in [0, 0.1) is 0 Å². The molecule has 1 N–H and O–H groups in total. The summed E-state index contributed by atoms with van der Waals surface area (Å²) in [5, 5.41) is 9.27. The summed E-state index contributed by atoms with van der Waals surface area (Å²) in [6.45, 7) is 2.02. The smallest absolute Gasteiger partial charge is 0.219 e. The number of rotatable bonds is 5. The molecule has 0 fully saturated rings. The fourth-order valence-electron chi connectivity index (χ4n) is 1.89. The lowest BCUT2D eigenvalue weighted by atomic mass is 10.2. The topological polar surface area (TPSA) is 45.6 Å². The van der Waals surface area contributed by atoms with Gasteiger partial charge in [-0.15, -0.1) is 0 Å². The third-order valence-electron chi connectivity index (χ3n) is 3.02. The standard InChI is InChI=1S/C16H20N2O2/c1-4-13-8-12(11-19)9-16(17-13)20-15-7-5-6-14(10-15)18(2)3/h5-10,19H,4,11H2,1-3H3. The van der Waals surface area contributed by atoms with Crippen LogP contribution < -0.4 is 9.64 Å². The fourth-order valence-corrected chi connectivity index (χ4v) is 1.89. The summed E-state index contributed by atoms with van der Waals surface area (Å²) in [6.07, 6.45) is 0.807. The average molecular weight is 272 g/mol. The van der Waals surface area contributed by atoms with Crippen LogP contribution in [-0.2, 0) is 13.0 Å². The number of nitrogens with zero attached hydrogens (tertiary/aromatic N) is 2. The van der Waals surface area contributed by atoms with Gasteiger partial charge in [0, 0.05) is 37.6 Å². The predicted molar refractivity (Wildman–Crippen MR) is 80.4 cm³/mol. The van der Waals surface area contributed by atoms with E-state index >= 15 is 0 Å². The number of benzene rings is 1. The van der Waals surface area contributed by atoms with Crippen molar-refractivity contribution < 1.29 is 9.84 Å². The van der Waals surface area contributed by atoms with Crippen molar-refractivity contribution in [2.24, 2.45) is 0 Å². The molecular weight excluding hydrogens is 252 g/mol. The van der Waals surface area contributed by atoms with Crippen LogP contribution in [-0.4, -0.2) is 24.2 Å². The van der Waals surface area contributed by atoms with E-state index in [4.69, 9.17) is 4.74 Å². The van der Waals surface area contributed by atoms with E-state index in [9.17, 15) is 5.11 Å². The number of pyridine rings is 1. The van der Waals surface area contributed by atoms with E-state index in [2.05, 4.69) is 4.98 Å². The molecule has 0 aliphatic carbocycles. The molecule has 1 aromatic heterocycles. The summed E-state index contributed by atoms with van der Waals surface area (Å²) < 4.78 is 5.81. The largest absolute Gasteiger partial charge is 0.439 e. The maximum atomic E-state index is 9.27.